The Kier molecular flexibility index (Phi) is 4.13. The van der Waals surface area contributed by atoms with Crippen LogP contribution in [0, 0.1) is 0 Å². The second kappa shape index (κ2) is 5.42. The topological polar surface area (TPSA) is 9.23 Å². The van der Waals surface area contributed by atoms with E-state index in [2.05, 4.69) is 31.9 Å². The van der Waals surface area contributed by atoms with E-state index >= 15 is 0 Å². The average molecular weight is 376 g/mol. The van der Waals surface area contributed by atoms with Crippen LogP contribution in [-0.4, -0.2) is 7.11 Å². The number of rotatable bonds is 2. The Labute approximate surface area is 122 Å². The van der Waals surface area contributed by atoms with Crippen LogP contribution in [-0.2, 0) is 0 Å². The summed E-state index contributed by atoms with van der Waals surface area (Å²) in [6.45, 7) is 0. The molecule has 0 spiro atoms. The van der Waals surface area contributed by atoms with Gasteiger partial charge in [0, 0.05) is 14.5 Å². The minimum atomic E-state index is 0.692. The van der Waals surface area contributed by atoms with Gasteiger partial charge in [-0.15, -0.1) is 0 Å². The van der Waals surface area contributed by atoms with Crippen LogP contribution in [0.25, 0.3) is 11.1 Å². The van der Waals surface area contributed by atoms with E-state index in [0.29, 0.717) is 5.02 Å². The molecule has 1 nitrogen and oxygen atoms in total. The predicted molar refractivity (Wildman–Crippen MR) is 78.8 cm³/mol. The minimum absolute atomic E-state index is 0.692. The van der Waals surface area contributed by atoms with Crippen molar-refractivity contribution in [2.24, 2.45) is 0 Å². The first-order chi connectivity index (χ1) is 8.13. The highest BCUT2D eigenvalue weighted by molar-refractivity contribution is 9.11. The fourth-order valence-corrected chi connectivity index (χ4v) is 2.66. The SMILES string of the molecule is COc1ccc(Br)c(-c2cccc(Cl)c2Br)c1. The molecule has 0 aliphatic carbocycles. The van der Waals surface area contributed by atoms with Crippen molar-refractivity contribution in [1.29, 1.82) is 0 Å². The Morgan fingerprint density at radius 1 is 1.06 bits per heavy atom. The van der Waals surface area contributed by atoms with Crippen LogP contribution in [0.1, 0.15) is 0 Å². The third-order valence-corrected chi connectivity index (χ3v) is 4.50. The molecule has 0 unspecified atom stereocenters. The average Bonchev–Trinajstić information content (AvgIpc) is 2.34. The highest BCUT2D eigenvalue weighted by atomic mass is 79.9. The van der Waals surface area contributed by atoms with Gasteiger partial charge in [0.2, 0.25) is 0 Å². The molecule has 0 aliphatic heterocycles. The van der Waals surface area contributed by atoms with Gasteiger partial charge < -0.3 is 4.74 Å². The Hall–Kier alpha value is -0.510. The van der Waals surface area contributed by atoms with E-state index < -0.39 is 0 Å². The van der Waals surface area contributed by atoms with Gasteiger partial charge in [-0.1, -0.05) is 39.7 Å². The molecule has 0 radical (unpaired) electrons. The van der Waals surface area contributed by atoms with Crippen molar-refractivity contribution in [3.05, 3.63) is 50.4 Å². The first kappa shape index (κ1) is 12.9. The zero-order chi connectivity index (χ0) is 12.4. The van der Waals surface area contributed by atoms with E-state index in [-0.39, 0.29) is 0 Å². The molecular weight excluding hydrogens is 367 g/mol. The van der Waals surface area contributed by atoms with E-state index in [4.69, 9.17) is 16.3 Å². The van der Waals surface area contributed by atoms with Gasteiger partial charge in [-0.3, -0.25) is 0 Å². The van der Waals surface area contributed by atoms with E-state index in [1.807, 2.05) is 36.4 Å². The lowest BCUT2D eigenvalue weighted by molar-refractivity contribution is 0.415. The second-order valence-electron chi connectivity index (χ2n) is 3.45. The molecule has 0 heterocycles. The van der Waals surface area contributed by atoms with Crippen molar-refractivity contribution in [3.63, 3.8) is 0 Å². The molecule has 0 bridgehead atoms. The minimum Gasteiger partial charge on any atom is -0.497 e. The van der Waals surface area contributed by atoms with Gasteiger partial charge >= 0.3 is 0 Å². The number of hydrogen-bond acceptors (Lipinski definition) is 1. The summed E-state index contributed by atoms with van der Waals surface area (Å²) in [5, 5.41) is 0.692. The maximum atomic E-state index is 6.10. The molecule has 2 rings (SSSR count). The van der Waals surface area contributed by atoms with Gasteiger partial charge in [0.1, 0.15) is 5.75 Å². The monoisotopic (exact) mass is 374 g/mol. The quantitative estimate of drug-likeness (QED) is 0.669. The lowest BCUT2D eigenvalue weighted by Gasteiger charge is -2.10. The molecule has 0 aliphatic rings. The molecule has 17 heavy (non-hydrogen) atoms. The molecule has 2 aromatic carbocycles. The number of ether oxygens (including phenoxy) is 1. The van der Waals surface area contributed by atoms with Gasteiger partial charge in [-0.2, -0.15) is 0 Å². The summed E-state index contributed by atoms with van der Waals surface area (Å²) in [6, 6.07) is 11.6. The first-order valence-electron chi connectivity index (χ1n) is 4.91. The fraction of sp³-hybridized carbons (Fsp3) is 0.0769. The Bertz CT molecular complexity index is 555. The number of benzene rings is 2. The Balaban J connectivity index is 2.63. The van der Waals surface area contributed by atoms with Crippen LogP contribution in [0.4, 0.5) is 0 Å². The van der Waals surface area contributed by atoms with Crippen molar-refractivity contribution < 1.29 is 4.74 Å². The summed E-state index contributed by atoms with van der Waals surface area (Å²) < 4.78 is 7.12. The van der Waals surface area contributed by atoms with Crippen molar-refractivity contribution in [2.75, 3.05) is 7.11 Å². The first-order valence-corrected chi connectivity index (χ1v) is 6.88. The van der Waals surface area contributed by atoms with E-state index in [9.17, 15) is 0 Å². The van der Waals surface area contributed by atoms with Gasteiger partial charge in [0.05, 0.1) is 12.1 Å². The van der Waals surface area contributed by atoms with Crippen molar-refractivity contribution >= 4 is 43.5 Å². The van der Waals surface area contributed by atoms with Gasteiger partial charge in [-0.25, -0.2) is 0 Å². The van der Waals surface area contributed by atoms with Crippen LogP contribution in [0.3, 0.4) is 0 Å². The normalized spacial score (nSPS) is 10.4. The summed E-state index contributed by atoms with van der Waals surface area (Å²) in [5.41, 5.74) is 2.07. The summed E-state index contributed by atoms with van der Waals surface area (Å²) in [6.07, 6.45) is 0. The molecule has 0 amide bonds. The summed E-state index contributed by atoms with van der Waals surface area (Å²) >= 11 is 13.1. The van der Waals surface area contributed by atoms with Gasteiger partial charge in [0.25, 0.3) is 0 Å². The Morgan fingerprint density at radius 3 is 2.53 bits per heavy atom. The Morgan fingerprint density at radius 2 is 1.82 bits per heavy atom. The number of methoxy groups -OCH3 is 1. The molecule has 0 aromatic heterocycles. The second-order valence-corrected chi connectivity index (χ2v) is 5.50. The number of hydrogen-bond donors (Lipinski definition) is 0. The van der Waals surface area contributed by atoms with E-state index in [0.717, 1.165) is 25.8 Å². The third-order valence-electron chi connectivity index (χ3n) is 2.42. The standard InChI is InChI=1S/C13H9Br2ClO/c1-17-8-5-6-11(14)10(7-8)9-3-2-4-12(16)13(9)15/h2-7H,1H3. The molecule has 0 fully saturated rings. The van der Waals surface area contributed by atoms with Gasteiger partial charge in [-0.05, 0) is 45.8 Å². The van der Waals surface area contributed by atoms with Crippen LogP contribution in [0.15, 0.2) is 45.3 Å². The largest absolute Gasteiger partial charge is 0.497 e. The lowest BCUT2D eigenvalue weighted by Crippen LogP contribution is -1.86. The maximum Gasteiger partial charge on any atom is 0.119 e. The fourth-order valence-electron chi connectivity index (χ4n) is 1.55. The molecule has 0 saturated heterocycles. The zero-order valence-electron chi connectivity index (χ0n) is 9.01. The highest BCUT2D eigenvalue weighted by Crippen LogP contribution is 2.38. The molecule has 4 heteroatoms. The summed E-state index contributed by atoms with van der Waals surface area (Å²) in [4.78, 5) is 0. The van der Waals surface area contributed by atoms with E-state index in [1.165, 1.54) is 0 Å². The van der Waals surface area contributed by atoms with Crippen LogP contribution >= 0.6 is 43.5 Å². The van der Waals surface area contributed by atoms with Gasteiger partial charge in [0.15, 0.2) is 0 Å². The molecule has 0 saturated carbocycles. The van der Waals surface area contributed by atoms with Crippen LogP contribution < -0.4 is 4.74 Å². The summed E-state index contributed by atoms with van der Waals surface area (Å²) in [7, 11) is 1.65. The lowest BCUT2D eigenvalue weighted by atomic mass is 10.1. The molecular formula is C13H9Br2ClO. The smallest absolute Gasteiger partial charge is 0.119 e. The van der Waals surface area contributed by atoms with Crippen molar-refractivity contribution in [2.45, 2.75) is 0 Å². The van der Waals surface area contributed by atoms with Crippen LogP contribution in [0.5, 0.6) is 5.75 Å². The molecule has 0 N–H and O–H groups in total. The zero-order valence-corrected chi connectivity index (χ0v) is 12.9. The maximum absolute atomic E-state index is 6.10. The molecule has 0 atom stereocenters. The van der Waals surface area contributed by atoms with Crippen molar-refractivity contribution in [3.8, 4) is 16.9 Å². The molecule has 88 valence electrons. The third kappa shape index (κ3) is 2.67. The molecule has 2 aromatic rings. The number of halogens is 3. The summed E-state index contributed by atoms with van der Waals surface area (Å²) in [5.74, 6) is 0.815. The van der Waals surface area contributed by atoms with Crippen LogP contribution in [0.2, 0.25) is 5.02 Å². The van der Waals surface area contributed by atoms with E-state index in [1.54, 1.807) is 7.11 Å². The van der Waals surface area contributed by atoms with Crippen molar-refractivity contribution in [1.82, 2.24) is 0 Å². The highest BCUT2D eigenvalue weighted by Gasteiger charge is 2.10. The predicted octanol–water partition coefficient (Wildman–Crippen LogP) is 5.54.